The van der Waals surface area contributed by atoms with E-state index in [1.54, 1.807) is 0 Å². The monoisotopic (exact) mass is 180 g/mol. The molecule has 2 aliphatic rings. The van der Waals surface area contributed by atoms with Crippen LogP contribution < -0.4 is 0 Å². The first-order valence-corrected chi connectivity index (χ1v) is 5.22. The molecular formula is C11H16O2. The van der Waals surface area contributed by atoms with E-state index >= 15 is 0 Å². The van der Waals surface area contributed by atoms with Gasteiger partial charge in [0.05, 0.1) is 6.61 Å². The standard InChI is InChI=1S/C11H16O2/c12-10(8-9-4-3-5-9)11-6-1-2-7-13-11/h6,9H,1-5,7-8H2. The summed E-state index contributed by atoms with van der Waals surface area (Å²) in [6.45, 7) is 0.724. The molecule has 0 aromatic heterocycles. The third-order valence-electron chi connectivity index (χ3n) is 2.91. The quantitative estimate of drug-likeness (QED) is 0.666. The lowest BCUT2D eigenvalue weighted by atomic mass is 9.81. The van der Waals surface area contributed by atoms with Gasteiger partial charge < -0.3 is 4.74 Å². The summed E-state index contributed by atoms with van der Waals surface area (Å²) < 4.78 is 5.32. The van der Waals surface area contributed by atoms with Crippen LogP contribution in [-0.4, -0.2) is 12.4 Å². The van der Waals surface area contributed by atoms with Crippen LogP contribution in [0.2, 0.25) is 0 Å². The Labute approximate surface area is 79.0 Å². The molecule has 0 aromatic carbocycles. The summed E-state index contributed by atoms with van der Waals surface area (Å²) in [5.74, 6) is 1.52. The highest BCUT2D eigenvalue weighted by molar-refractivity contribution is 5.93. The number of ketones is 1. The first-order chi connectivity index (χ1) is 6.36. The number of carbonyl (C=O) groups is 1. The minimum absolute atomic E-state index is 0.226. The summed E-state index contributed by atoms with van der Waals surface area (Å²) in [4.78, 5) is 11.6. The number of ether oxygens (including phenoxy) is 1. The molecule has 0 saturated heterocycles. The van der Waals surface area contributed by atoms with Crippen LogP contribution in [0.3, 0.4) is 0 Å². The van der Waals surface area contributed by atoms with Crippen molar-refractivity contribution in [2.24, 2.45) is 5.92 Å². The highest BCUT2D eigenvalue weighted by atomic mass is 16.5. The van der Waals surface area contributed by atoms with Crippen LogP contribution in [0.4, 0.5) is 0 Å². The fraction of sp³-hybridized carbons (Fsp3) is 0.727. The number of rotatable bonds is 3. The average molecular weight is 180 g/mol. The van der Waals surface area contributed by atoms with Crippen LogP contribution in [0.25, 0.3) is 0 Å². The number of Topliss-reactive ketones (excluding diaryl/α,β-unsaturated/α-hetero) is 1. The topological polar surface area (TPSA) is 26.3 Å². The van der Waals surface area contributed by atoms with E-state index in [2.05, 4.69) is 0 Å². The Morgan fingerprint density at radius 2 is 2.31 bits per heavy atom. The van der Waals surface area contributed by atoms with Crippen LogP contribution in [0.1, 0.15) is 38.5 Å². The van der Waals surface area contributed by atoms with E-state index < -0.39 is 0 Å². The van der Waals surface area contributed by atoms with Gasteiger partial charge in [0.1, 0.15) is 0 Å². The predicted octanol–water partition coefficient (Wildman–Crippen LogP) is 2.44. The van der Waals surface area contributed by atoms with Crippen LogP contribution in [0, 0.1) is 5.92 Å². The maximum atomic E-state index is 11.6. The summed E-state index contributed by atoms with van der Waals surface area (Å²) in [5.41, 5.74) is 0. The van der Waals surface area contributed by atoms with Crippen molar-refractivity contribution in [1.82, 2.24) is 0 Å². The number of carbonyl (C=O) groups excluding carboxylic acids is 1. The highest BCUT2D eigenvalue weighted by Crippen LogP contribution is 2.30. The summed E-state index contributed by atoms with van der Waals surface area (Å²) >= 11 is 0. The molecule has 13 heavy (non-hydrogen) atoms. The minimum atomic E-state index is 0.226. The Hall–Kier alpha value is -0.790. The van der Waals surface area contributed by atoms with E-state index in [1.807, 2.05) is 6.08 Å². The zero-order valence-electron chi connectivity index (χ0n) is 7.92. The van der Waals surface area contributed by atoms with E-state index in [4.69, 9.17) is 4.74 Å². The number of hydrogen-bond donors (Lipinski definition) is 0. The van der Waals surface area contributed by atoms with Gasteiger partial charge in [0, 0.05) is 6.42 Å². The second-order valence-corrected chi connectivity index (χ2v) is 3.98. The van der Waals surface area contributed by atoms with E-state index in [9.17, 15) is 4.79 Å². The van der Waals surface area contributed by atoms with Crippen LogP contribution in [0.15, 0.2) is 11.8 Å². The van der Waals surface area contributed by atoms with Gasteiger partial charge in [-0.3, -0.25) is 4.79 Å². The van der Waals surface area contributed by atoms with Crippen molar-refractivity contribution in [3.63, 3.8) is 0 Å². The molecule has 1 heterocycles. The molecule has 0 amide bonds. The number of hydrogen-bond acceptors (Lipinski definition) is 2. The smallest absolute Gasteiger partial charge is 0.197 e. The molecule has 0 bridgehead atoms. The van der Waals surface area contributed by atoms with Gasteiger partial charge in [-0.05, 0) is 37.7 Å². The van der Waals surface area contributed by atoms with E-state index in [-0.39, 0.29) is 5.78 Å². The Balaban J connectivity index is 1.84. The van der Waals surface area contributed by atoms with E-state index in [0.29, 0.717) is 18.1 Å². The van der Waals surface area contributed by atoms with Crippen molar-refractivity contribution >= 4 is 5.78 Å². The normalized spacial score (nSPS) is 22.9. The van der Waals surface area contributed by atoms with Gasteiger partial charge in [0.2, 0.25) is 0 Å². The Kier molecular flexibility index (Phi) is 2.67. The lowest BCUT2D eigenvalue weighted by molar-refractivity contribution is -0.120. The zero-order valence-corrected chi connectivity index (χ0v) is 7.92. The Bertz CT molecular complexity index is 226. The first kappa shape index (κ1) is 8.79. The largest absolute Gasteiger partial charge is 0.490 e. The predicted molar refractivity (Wildman–Crippen MR) is 50.2 cm³/mol. The third kappa shape index (κ3) is 2.11. The van der Waals surface area contributed by atoms with Crippen molar-refractivity contribution in [3.05, 3.63) is 11.8 Å². The van der Waals surface area contributed by atoms with Crippen LogP contribution in [-0.2, 0) is 9.53 Å². The first-order valence-electron chi connectivity index (χ1n) is 5.22. The Morgan fingerprint density at radius 1 is 1.46 bits per heavy atom. The molecule has 0 atom stereocenters. The SMILES string of the molecule is O=C(CC1CCC1)C1=CCCCO1. The fourth-order valence-electron chi connectivity index (χ4n) is 1.81. The molecule has 1 saturated carbocycles. The van der Waals surface area contributed by atoms with Gasteiger partial charge in [-0.25, -0.2) is 0 Å². The molecule has 2 nitrogen and oxygen atoms in total. The lowest BCUT2D eigenvalue weighted by Crippen LogP contribution is -2.19. The van der Waals surface area contributed by atoms with Crippen molar-refractivity contribution in [3.8, 4) is 0 Å². The molecule has 1 aliphatic heterocycles. The lowest BCUT2D eigenvalue weighted by Gasteiger charge is -2.25. The Morgan fingerprint density at radius 3 is 2.85 bits per heavy atom. The van der Waals surface area contributed by atoms with Gasteiger partial charge in [-0.1, -0.05) is 6.42 Å². The van der Waals surface area contributed by atoms with Gasteiger partial charge in [-0.2, -0.15) is 0 Å². The molecular weight excluding hydrogens is 164 g/mol. The van der Waals surface area contributed by atoms with Crippen molar-refractivity contribution in [1.29, 1.82) is 0 Å². The van der Waals surface area contributed by atoms with Crippen LogP contribution in [0.5, 0.6) is 0 Å². The third-order valence-corrected chi connectivity index (χ3v) is 2.91. The molecule has 0 unspecified atom stereocenters. The summed E-state index contributed by atoms with van der Waals surface area (Å²) in [6, 6.07) is 0. The van der Waals surface area contributed by atoms with Gasteiger partial charge in [0.15, 0.2) is 11.5 Å². The minimum Gasteiger partial charge on any atom is -0.490 e. The molecule has 0 radical (unpaired) electrons. The maximum Gasteiger partial charge on any atom is 0.197 e. The van der Waals surface area contributed by atoms with Crippen molar-refractivity contribution < 1.29 is 9.53 Å². The number of allylic oxidation sites excluding steroid dienone is 2. The average Bonchev–Trinajstić information content (AvgIpc) is 2.12. The summed E-state index contributed by atoms with van der Waals surface area (Å²) in [6.07, 6.45) is 8.50. The molecule has 0 spiro atoms. The fourth-order valence-corrected chi connectivity index (χ4v) is 1.81. The molecule has 0 N–H and O–H groups in total. The van der Waals surface area contributed by atoms with Crippen LogP contribution >= 0.6 is 0 Å². The zero-order chi connectivity index (χ0) is 9.10. The van der Waals surface area contributed by atoms with E-state index in [0.717, 1.165) is 19.4 Å². The van der Waals surface area contributed by atoms with Gasteiger partial charge >= 0.3 is 0 Å². The highest BCUT2D eigenvalue weighted by Gasteiger charge is 2.23. The molecule has 1 fully saturated rings. The molecule has 0 aromatic rings. The maximum absolute atomic E-state index is 11.6. The van der Waals surface area contributed by atoms with Gasteiger partial charge in [0.25, 0.3) is 0 Å². The second kappa shape index (κ2) is 3.95. The van der Waals surface area contributed by atoms with Crippen molar-refractivity contribution in [2.45, 2.75) is 38.5 Å². The second-order valence-electron chi connectivity index (χ2n) is 3.98. The van der Waals surface area contributed by atoms with Crippen molar-refractivity contribution in [2.75, 3.05) is 6.61 Å². The van der Waals surface area contributed by atoms with Gasteiger partial charge in [-0.15, -0.1) is 0 Å². The van der Waals surface area contributed by atoms with E-state index in [1.165, 1.54) is 19.3 Å². The molecule has 72 valence electrons. The summed E-state index contributed by atoms with van der Waals surface area (Å²) in [5, 5.41) is 0. The molecule has 2 heteroatoms. The summed E-state index contributed by atoms with van der Waals surface area (Å²) in [7, 11) is 0. The molecule has 1 aliphatic carbocycles. The molecule has 2 rings (SSSR count).